The van der Waals surface area contributed by atoms with E-state index in [1.54, 1.807) is 0 Å². The lowest BCUT2D eigenvalue weighted by Gasteiger charge is -2.20. The van der Waals surface area contributed by atoms with Crippen LogP contribution in [0.1, 0.15) is 20.8 Å². The van der Waals surface area contributed by atoms with Gasteiger partial charge in [0.1, 0.15) is 0 Å². The summed E-state index contributed by atoms with van der Waals surface area (Å²) >= 11 is 0. The van der Waals surface area contributed by atoms with Crippen molar-refractivity contribution < 1.29 is 5.11 Å². The molecule has 0 aromatic heterocycles. The Morgan fingerprint density at radius 2 is 2.00 bits per heavy atom. The van der Waals surface area contributed by atoms with Gasteiger partial charge in [0.2, 0.25) is 0 Å². The average molecular weight is 114 g/mol. The Hall–Kier alpha value is -0.300. The largest absolute Gasteiger partial charge is 0.395 e. The number of aliphatic hydroxyl groups is 1. The summed E-state index contributed by atoms with van der Waals surface area (Å²) in [5.74, 6) is 0. The van der Waals surface area contributed by atoms with E-state index in [0.717, 1.165) is 5.57 Å². The van der Waals surface area contributed by atoms with Gasteiger partial charge < -0.3 is 5.11 Å². The Bertz CT molecular complexity index is 92.6. The lowest BCUT2D eigenvalue weighted by molar-refractivity contribution is 0.190. The number of hydrogen-bond acceptors (Lipinski definition) is 1. The van der Waals surface area contributed by atoms with Gasteiger partial charge in [-0.2, -0.15) is 0 Å². The Balaban J connectivity index is 3.91. The highest BCUT2D eigenvalue weighted by Gasteiger charge is 2.15. The first-order valence-corrected chi connectivity index (χ1v) is 2.77. The molecule has 48 valence electrons. The monoisotopic (exact) mass is 114 g/mol. The molecule has 0 spiro atoms. The Morgan fingerprint density at radius 1 is 1.62 bits per heavy atom. The van der Waals surface area contributed by atoms with Crippen LogP contribution in [0.25, 0.3) is 0 Å². The molecule has 0 atom stereocenters. The normalized spacial score (nSPS) is 11.5. The summed E-state index contributed by atoms with van der Waals surface area (Å²) in [6.07, 6.45) is 0. The van der Waals surface area contributed by atoms with Crippen molar-refractivity contribution in [2.45, 2.75) is 20.8 Å². The van der Waals surface area contributed by atoms with Crippen molar-refractivity contribution in [3.05, 3.63) is 12.2 Å². The van der Waals surface area contributed by atoms with Gasteiger partial charge >= 0.3 is 0 Å². The summed E-state index contributed by atoms with van der Waals surface area (Å²) in [5.41, 5.74) is 0.931. The minimum atomic E-state index is -0.0972. The van der Waals surface area contributed by atoms with E-state index >= 15 is 0 Å². The summed E-state index contributed by atoms with van der Waals surface area (Å²) in [6.45, 7) is 9.78. The lowest BCUT2D eigenvalue weighted by Crippen LogP contribution is -2.16. The van der Waals surface area contributed by atoms with Crippen LogP contribution in [0.2, 0.25) is 0 Å². The molecule has 0 aliphatic heterocycles. The third-order valence-corrected chi connectivity index (χ3v) is 1.55. The molecule has 0 heterocycles. The maximum atomic E-state index is 8.70. The third kappa shape index (κ3) is 1.66. The first-order chi connectivity index (χ1) is 3.50. The van der Waals surface area contributed by atoms with Crippen LogP contribution in [0.5, 0.6) is 0 Å². The summed E-state index contributed by atoms with van der Waals surface area (Å²) in [7, 11) is 0. The maximum Gasteiger partial charge on any atom is 0.0519 e. The van der Waals surface area contributed by atoms with E-state index in [-0.39, 0.29) is 12.0 Å². The van der Waals surface area contributed by atoms with E-state index < -0.39 is 0 Å². The first kappa shape index (κ1) is 7.70. The van der Waals surface area contributed by atoms with Gasteiger partial charge in [0, 0.05) is 5.41 Å². The first-order valence-electron chi connectivity index (χ1n) is 2.77. The van der Waals surface area contributed by atoms with Gasteiger partial charge in [0.05, 0.1) is 6.61 Å². The van der Waals surface area contributed by atoms with Crippen LogP contribution >= 0.6 is 0 Å². The van der Waals surface area contributed by atoms with Gasteiger partial charge in [-0.15, -0.1) is 0 Å². The molecule has 1 N–H and O–H groups in total. The smallest absolute Gasteiger partial charge is 0.0519 e. The van der Waals surface area contributed by atoms with Gasteiger partial charge in [0.25, 0.3) is 0 Å². The molecule has 0 aliphatic carbocycles. The minimum Gasteiger partial charge on any atom is -0.395 e. The van der Waals surface area contributed by atoms with Crippen molar-refractivity contribution >= 4 is 0 Å². The molecular formula is C7H14O. The van der Waals surface area contributed by atoms with E-state index in [2.05, 4.69) is 6.58 Å². The molecule has 0 saturated carbocycles. The van der Waals surface area contributed by atoms with Crippen LogP contribution in [-0.4, -0.2) is 11.7 Å². The second-order valence-electron chi connectivity index (χ2n) is 2.82. The Morgan fingerprint density at radius 3 is 2.00 bits per heavy atom. The van der Waals surface area contributed by atoms with Crippen LogP contribution in [-0.2, 0) is 0 Å². The minimum absolute atomic E-state index is 0.0972. The van der Waals surface area contributed by atoms with Crippen molar-refractivity contribution in [2.75, 3.05) is 6.61 Å². The highest BCUT2D eigenvalue weighted by atomic mass is 16.3. The van der Waals surface area contributed by atoms with Crippen LogP contribution in [0.15, 0.2) is 12.2 Å². The molecule has 0 saturated heterocycles. The number of rotatable bonds is 2. The standard InChI is InChI=1S/C7H14O/c1-6(2)7(3,4)5-8/h8H,1,5H2,2-4H3. The molecule has 0 radical (unpaired) electrons. The van der Waals surface area contributed by atoms with Crippen molar-refractivity contribution in [3.63, 3.8) is 0 Å². The fourth-order valence-electron chi connectivity index (χ4n) is 0.135. The summed E-state index contributed by atoms with van der Waals surface area (Å²) in [5, 5.41) is 8.70. The zero-order chi connectivity index (χ0) is 6.78. The van der Waals surface area contributed by atoms with Gasteiger partial charge in [-0.1, -0.05) is 26.0 Å². The molecule has 0 aliphatic rings. The molecule has 0 fully saturated rings. The molecule has 0 rings (SSSR count). The highest BCUT2D eigenvalue weighted by molar-refractivity contribution is 5.02. The molecule has 8 heavy (non-hydrogen) atoms. The topological polar surface area (TPSA) is 20.2 Å². The second kappa shape index (κ2) is 2.31. The van der Waals surface area contributed by atoms with Gasteiger partial charge in [0.15, 0.2) is 0 Å². The van der Waals surface area contributed by atoms with Crippen LogP contribution in [0.3, 0.4) is 0 Å². The van der Waals surface area contributed by atoms with E-state index in [9.17, 15) is 0 Å². The number of hydrogen-bond donors (Lipinski definition) is 1. The average Bonchev–Trinajstić information content (AvgIpc) is 1.67. The van der Waals surface area contributed by atoms with Crippen molar-refractivity contribution in [2.24, 2.45) is 5.41 Å². The van der Waals surface area contributed by atoms with E-state index in [1.807, 2.05) is 20.8 Å². The molecule has 0 amide bonds. The van der Waals surface area contributed by atoms with Crippen molar-refractivity contribution in [3.8, 4) is 0 Å². The van der Waals surface area contributed by atoms with Gasteiger partial charge in [-0.25, -0.2) is 0 Å². The predicted octanol–water partition coefficient (Wildman–Crippen LogP) is 1.58. The fourth-order valence-corrected chi connectivity index (χ4v) is 0.135. The van der Waals surface area contributed by atoms with Gasteiger partial charge in [-0.3, -0.25) is 0 Å². The van der Waals surface area contributed by atoms with E-state index in [0.29, 0.717) is 0 Å². The fraction of sp³-hybridized carbons (Fsp3) is 0.714. The second-order valence-corrected chi connectivity index (χ2v) is 2.82. The molecular weight excluding hydrogens is 100 g/mol. The molecule has 0 aromatic rings. The predicted molar refractivity (Wildman–Crippen MR) is 35.7 cm³/mol. The molecule has 1 heteroatoms. The molecule has 0 aromatic carbocycles. The van der Waals surface area contributed by atoms with Gasteiger partial charge in [-0.05, 0) is 6.92 Å². The SMILES string of the molecule is C=C(C)C(C)(C)CO. The summed E-state index contributed by atoms with van der Waals surface area (Å²) < 4.78 is 0. The maximum absolute atomic E-state index is 8.70. The van der Waals surface area contributed by atoms with Crippen molar-refractivity contribution in [1.82, 2.24) is 0 Å². The zero-order valence-electron chi connectivity index (χ0n) is 5.86. The van der Waals surface area contributed by atoms with Crippen molar-refractivity contribution in [1.29, 1.82) is 0 Å². The Labute approximate surface area is 51.0 Å². The molecule has 0 bridgehead atoms. The number of aliphatic hydroxyl groups excluding tert-OH is 1. The summed E-state index contributed by atoms with van der Waals surface area (Å²) in [6, 6.07) is 0. The van der Waals surface area contributed by atoms with Crippen LogP contribution < -0.4 is 0 Å². The quantitative estimate of drug-likeness (QED) is 0.540. The van der Waals surface area contributed by atoms with Crippen LogP contribution in [0, 0.1) is 5.41 Å². The highest BCUT2D eigenvalue weighted by Crippen LogP contribution is 2.22. The summed E-state index contributed by atoms with van der Waals surface area (Å²) in [4.78, 5) is 0. The van der Waals surface area contributed by atoms with E-state index in [1.165, 1.54) is 0 Å². The lowest BCUT2D eigenvalue weighted by atomic mass is 9.87. The third-order valence-electron chi connectivity index (χ3n) is 1.55. The van der Waals surface area contributed by atoms with E-state index in [4.69, 9.17) is 5.11 Å². The molecule has 1 nitrogen and oxygen atoms in total. The van der Waals surface area contributed by atoms with Crippen LogP contribution in [0.4, 0.5) is 0 Å². The molecule has 0 unspecified atom stereocenters. The Kier molecular flexibility index (Phi) is 2.23. The zero-order valence-corrected chi connectivity index (χ0v) is 5.86.